The maximum Gasteiger partial charge on any atom is 0.341 e. The summed E-state index contributed by atoms with van der Waals surface area (Å²) in [5.74, 6) is -0.630. The summed E-state index contributed by atoms with van der Waals surface area (Å²) in [7, 11) is 0. The Morgan fingerprint density at radius 2 is 2.07 bits per heavy atom. The molecule has 0 unspecified atom stereocenters. The largest absolute Gasteiger partial charge is 0.464 e. The number of rotatable bonds is 6. The number of fused-ring (bicyclic) bond motifs is 1. The number of carbonyl (C=O) groups excluding carboxylic acids is 2. The molecule has 9 nitrogen and oxygen atoms in total. The van der Waals surface area contributed by atoms with E-state index in [0.29, 0.717) is 27.2 Å². The van der Waals surface area contributed by atoms with Crippen molar-refractivity contribution in [2.75, 3.05) is 11.9 Å². The summed E-state index contributed by atoms with van der Waals surface area (Å²) in [5, 5.41) is 12.8. The van der Waals surface area contributed by atoms with E-state index < -0.39 is 17.4 Å². The lowest BCUT2D eigenvalue weighted by Gasteiger charge is -2.08. The van der Waals surface area contributed by atoms with Crippen molar-refractivity contribution in [2.24, 2.45) is 0 Å². The molecule has 0 atom stereocenters. The number of anilines is 1. The third kappa shape index (κ3) is 3.72. The van der Waals surface area contributed by atoms with Crippen LogP contribution in [0.15, 0.2) is 57.3 Å². The van der Waals surface area contributed by atoms with Gasteiger partial charge in [-0.3, -0.25) is 9.59 Å². The summed E-state index contributed by atoms with van der Waals surface area (Å²) in [4.78, 5) is 37.6. The SMILES string of the molecule is CCOC(=O)c1c(-c2ccco2)csc1NC(=O)Cn1nnc2ccccc2c1=O. The second-order valence-corrected chi connectivity index (χ2v) is 7.05. The van der Waals surface area contributed by atoms with E-state index in [2.05, 4.69) is 15.6 Å². The lowest BCUT2D eigenvalue weighted by molar-refractivity contribution is -0.117. The molecule has 0 spiro atoms. The Morgan fingerprint density at radius 3 is 2.83 bits per heavy atom. The predicted molar refractivity (Wildman–Crippen MR) is 110 cm³/mol. The van der Waals surface area contributed by atoms with E-state index in [0.717, 1.165) is 16.0 Å². The van der Waals surface area contributed by atoms with Gasteiger partial charge in [-0.2, -0.15) is 0 Å². The van der Waals surface area contributed by atoms with Gasteiger partial charge in [0, 0.05) is 10.9 Å². The van der Waals surface area contributed by atoms with Crippen molar-refractivity contribution in [3.63, 3.8) is 0 Å². The van der Waals surface area contributed by atoms with Gasteiger partial charge in [0.2, 0.25) is 5.91 Å². The Morgan fingerprint density at radius 1 is 1.23 bits per heavy atom. The van der Waals surface area contributed by atoms with Crippen molar-refractivity contribution in [1.29, 1.82) is 0 Å². The summed E-state index contributed by atoms with van der Waals surface area (Å²) < 4.78 is 11.5. The van der Waals surface area contributed by atoms with E-state index in [9.17, 15) is 14.4 Å². The molecular weight excluding hydrogens is 408 g/mol. The van der Waals surface area contributed by atoms with Gasteiger partial charge in [0.1, 0.15) is 28.4 Å². The van der Waals surface area contributed by atoms with Gasteiger partial charge < -0.3 is 14.5 Å². The molecule has 1 amide bonds. The van der Waals surface area contributed by atoms with Crippen molar-refractivity contribution in [2.45, 2.75) is 13.5 Å². The molecule has 0 saturated heterocycles. The molecule has 10 heteroatoms. The van der Waals surface area contributed by atoms with Crippen LogP contribution in [-0.4, -0.2) is 33.5 Å². The zero-order valence-electron chi connectivity index (χ0n) is 15.8. The number of thiophene rings is 1. The predicted octanol–water partition coefficient (Wildman–Crippen LogP) is 2.93. The second-order valence-electron chi connectivity index (χ2n) is 6.17. The van der Waals surface area contributed by atoms with Gasteiger partial charge in [-0.05, 0) is 31.2 Å². The second kappa shape index (κ2) is 8.29. The first kappa shape index (κ1) is 19.5. The number of nitrogens with one attached hydrogen (secondary N) is 1. The average molecular weight is 424 g/mol. The van der Waals surface area contributed by atoms with E-state index >= 15 is 0 Å². The molecule has 0 fully saturated rings. The standard InChI is InChI=1S/C20H16N4O5S/c1-2-28-20(27)17-13(15-8-5-9-29-15)11-30-18(17)21-16(25)10-24-19(26)12-6-3-4-7-14(12)22-23-24/h3-9,11H,2,10H2,1H3,(H,21,25). The lowest BCUT2D eigenvalue weighted by atomic mass is 10.1. The molecule has 152 valence electrons. The molecule has 0 aliphatic rings. The first-order valence-electron chi connectivity index (χ1n) is 9.03. The van der Waals surface area contributed by atoms with Crippen LogP contribution in [0, 0.1) is 0 Å². The minimum atomic E-state index is -0.580. The highest BCUT2D eigenvalue weighted by Gasteiger charge is 2.24. The van der Waals surface area contributed by atoms with Gasteiger partial charge in [-0.15, -0.1) is 16.4 Å². The molecule has 3 heterocycles. The fourth-order valence-electron chi connectivity index (χ4n) is 2.90. The molecular formula is C20H16N4O5S. The molecule has 4 rings (SSSR count). The van der Waals surface area contributed by atoms with Crippen molar-refractivity contribution < 1.29 is 18.7 Å². The number of esters is 1. The number of aromatic nitrogens is 3. The van der Waals surface area contributed by atoms with E-state index in [-0.39, 0.29) is 18.7 Å². The monoisotopic (exact) mass is 424 g/mol. The Bertz CT molecular complexity index is 1280. The molecule has 30 heavy (non-hydrogen) atoms. The summed E-state index contributed by atoms with van der Waals surface area (Å²) in [6.45, 7) is 1.52. The summed E-state index contributed by atoms with van der Waals surface area (Å²) in [6.07, 6.45) is 1.49. The number of carbonyl (C=O) groups is 2. The highest BCUT2D eigenvalue weighted by Crippen LogP contribution is 2.36. The summed E-state index contributed by atoms with van der Waals surface area (Å²) in [5.41, 5.74) is 0.734. The van der Waals surface area contributed by atoms with Crippen molar-refractivity contribution >= 4 is 39.1 Å². The zero-order valence-corrected chi connectivity index (χ0v) is 16.6. The fraction of sp³-hybridized carbons (Fsp3) is 0.150. The Kier molecular flexibility index (Phi) is 5.40. The highest BCUT2D eigenvalue weighted by molar-refractivity contribution is 7.15. The van der Waals surface area contributed by atoms with Crippen LogP contribution in [0.4, 0.5) is 5.00 Å². The first-order valence-corrected chi connectivity index (χ1v) is 9.91. The van der Waals surface area contributed by atoms with Crippen LogP contribution >= 0.6 is 11.3 Å². The van der Waals surface area contributed by atoms with Crippen molar-refractivity contribution in [1.82, 2.24) is 15.0 Å². The highest BCUT2D eigenvalue weighted by atomic mass is 32.1. The van der Waals surface area contributed by atoms with Crippen LogP contribution in [-0.2, 0) is 16.1 Å². The van der Waals surface area contributed by atoms with Gasteiger partial charge in [-0.1, -0.05) is 17.3 Å². The fourth-order valence-corrected chi connectivity index (χ4v) is 3.85. The number of amides is 1. The number of hydrogen-bond donors (Lipinski definition) is 1. The van der Waals surface area contributed by atoms with E-state index in [1.54, 1.807) is 48.7 Å². The number of nitrogens with zero attached hydrogens (tertiary/aromatic N) is 3. The van der Waals surface area contributed by atoms with Crippen LogP contribution in [0.25, 0.3) is 22.2 Å². The van der Waals surface area contributed by atoms with Gasteiger partial charge >= 0.3 is 5.97 Å². The van der Waals surface area contributed by atoms with Gasteiger partial charge in [-0.25, -0.2) is 9.48 Å². The number of hydrogen-bond acceptors (Lipinski definition) is 8. The average Bonchev–Trinajstić information content (AvgIpc) is 3.40. The van der Waals surface area contributed by atoms with Gasteiger partial charge in [0.15, 0.2) is 0 Å². The van der Waals surface area contributed by atoms with E-state index in [1.807, 2.05) is 0 Å². The molecule has 0 bridgehead atoms. The van der Waals surface area contributed by atoms with Crippen LogP contribution in [0.2, 0.25) is 0 Å². The maximum absolute atomic E-state index is 12.6. The van der Waals surface area contributed by atoms with Crippen molar-refractivity contribution in [3.05, 3.63) is 64.0 Å². The van der Waals surface area contributed by atoms with Crippen LogP contribution in [0.3, 0.4) is 0 Å². The smallest absolute Gasteiger partial charge is 0.341 e. The molecule has 0 radical (unpaired) electrons. The molecule has 3 aromatic heterocycles. The Balaban J connectivity index is 1.61. The first-order chi connectivity index (χ1) is 14.6. The molecule has 0 aliphatic heterocycles. The number of benzene rings is 1. The summed E-state index contributed by atoms with van der Waals surface area (Å²) >= 11 is 1.16. The Labute approximate surface area is 173 Å². The Hall–Kier alpha value is -3.79. The van der Waals surface area contributed by atoms with Crippen LogP contribution in [0.5, 0.6) is 0 Å². The van der Waals surface area contributed by atoms with Gasteiger partial charge in [0.25, 0.3) is 5.56 Å². The van der Waals surface area contributed by atoms with E-state index in [1.165, 1.54) is 6.26 Å². The van der Waals surface area contributed by atoms with Crippen LogP contribution in [0.1, 0.15) is 17.3 Å². The summed E-state index contributed by atoms with van der Waals surface area (Å²) in [6, 6.07) is 10.2. The minimum absolute atomic E-state index is 0.182. The quantitative estimate of drug-likeness (QED) is 0.473. The van der Waals surface area contributed by atoms with Gasteiger partial charge in [0.05, 0.1) is 18.3 Å². The zero-order chi connectivity index (χ0) is 21.1. The molecule has 0 aliphatic carbocycles. The minimum Gasteiger partial charge on any atom is -0.464 e. The topological polar surface area (TPSA) is 116 Å². The number of furan rings is 1. The number of ether oxygens (including phenoxy) is 1. The molecule has 1 N–H and O–H groups in total. The van der Waals surface area contributed by atoms with Crippen LogP contribution < -0.4 is 10.9 Å². The lowest BCUT2D eigenvalue weighted by Crippen LogP contribution is -2.30. The third-order valence-electron chi connectivity index (χ3n) is 4.23. The van der Waals surface area contributed by atoms with Crippen molar-refractivity contribution in [3.8, 4) is 11.3 Å². The van der Waals surface area contributed by atoms with E-state index in [4.69, 9.17) is 9.15 Å². The maximum atomic E-state index is 12.6. The molecule has 0 saturated carbocycles. The molecule has 1 aromatic carbocycles. The third-order valence-corrected chi connectivity index (χ3v) is 5.13. The molecule has 4 aromatic rings. The normalized spacial score (nSPS) is 10.8.